The van der Waals surface area contributed by atoms with Gasteiger partial charge in [0, 0.05) is 89.5 Å². The zero-order valence-corrected chi connectivity index (χ0v) is 65.5. The molecule has 7 rings (SSSR count). The number of ketones is 4. The van der Waals surface area contributed by atoms with Crippen molar-refractivity contribution in [1.82, 2.24) is 58.2 Å². The van der Waals surface area contributed by atoms with E-state index < -0.39 is 249 Å². The molecule has 0 unspecified atom stereocenters. The van der Waals surface area contributed by atoms with Gasteiger partial charge in [0.2, 0.25) is 59.1 Å². The number of benzene rings is 4. The number of aromatic nitrogens is 1. The predicted molar refractivity (Wildman–Crippen MR) is 423 cm³/mol. The predicted octanol–water partition coefficient (Wildman–Crippen LogP) is 0.309. The highest BCUT2D eigenvalue weighted by molar-refractivity contribution is 7.17. The quantitative estimate of drug-likeness (QED) is 0.0187. The van der Waals surface area contributed by atoms with E-state index in [2.05, 4.69) is 58.2 Å². The molecule has 2 aromatic heterocycles. The first-order chi connectivity index (χ1) is 55.5. The largest absolute Gasteiger partial charge is 0.481 e. The van der Waals surface area contributed by atoms with Crippen molar-refractivity contribution in [2.24, 2.45) is 35.1 Å². The molecule has 0 aliphatic carbocycles. The van der Waals surface area contributed by atoms with E-state index in [1.165, 1.54) is 52.0 Å². The van der Waals surface area contributed by atoms with Gasteiger partial charge in [-0.15, -0.1) is 11.3 Å². The lowest BCUT2D eigenvalue weighted by Gasteiger charge is -2.29. The number of fused-ring (bicyclic) bond motifs is 1. The maximum atomic E-state index is 14.9. The van der Waals surface area contributed by atoms with Crippen molar-refractivity contribution >= 4 is 134 Å². The van der Waals surface area contributed by atoms with Crippen LogP contribution in [0.25, 0.3) is 32.5 Å². The molecule has 37 heteroatoms. The summed E-state index contributed by atoms with van der Waals surface area (Å²) in [5.74, 6) is -26.7. The van der Waals surface area contributed by atoms with Crippen molar-refractivity contribution in [3.63, 3.8) is 0 Å². The summed E-state index contributed by atoms with van der Waals surface area (Å²) in [5, 5.41) is 54.4. The lowest BCUT2D eigenvalue weighted by Crippen LogP contribution is -2.58. The number of Topliss-reactive ketones (excluding diaryl/α,β-unsaturated/α-hetero) is 4. The number of nitrogens with one attached hydrogen (secondary N) is 11. The Hall–Kier alpha value is -12.9. The van der Waals surface area contributed by atoms with Gasteiger partial charge in [-0.2, -0.15) is 0 Å². The van der Waals surface area contributed by atoms with Gasteiger partial charge in [0.25, 0.3) is 5.91 Å². The Morgan fingerprint density at radius 1 is 0.598 bits per heavy atom. The molecule has 4 aromatic carbocycles. The standard InChI is InChI=1S/C80H96N14O22S/c1-40(30-69(103)104)51-32-63(99)59(39-95)89-68(102)37-85-74(109)43(4)87-72(107)41(2)28-62(98)56(35-70(105)106)91-76(111)54(20-13-27-81)88-67(101)38-86-79(114)71(44(5)116-80(115)58(93-75(51)110)33-60(96)50-17-9-11-18-52(50)82)94-73(108)42(3)29-61(97)55(34-66(83)100)90-77(112)57(31-48-36-84-53-19-12-10-16-49(48)53)92-78(113)65-26-25-64(117-65)47-23-21-46(22-24-47)45-14-7-6-8-15-45/h6-12,14-19,21-26,36,40-44,51,54-59,71,84,95H,13,20,27-35,37-39,81-82H2,1-5H3,(H2,83,100)(H,85,109)(H,86,114)(H,87,107)(H,88,101)(H,89,102)(H,90,112)(H,91,111)(H,92,113)(H,93,110)(H,94,108)(H,103,104)(H,105,106)/t40-,41+,42-,43+,44-,51+,54+,55-,56+,57+,58+,59-,71+/m1/s1. The summed E-state index contributed by atoms with van der Waals surface area (Å²) in [7, 11) is 0. The number of carboxylic acids is 2. The summed E-state index contributed by atoms with van der Waals surface area (Å²) in [4.78, 5) is 254. The minimum absolute atomic E-state index is 0.00674. The number of carbonyl (C=O) groups is 18. The van der Waals surface area contributed by atoms with E-state index in [0.29, 0.717) is 16.5 Å². The number of H-pyrrole nitrogens is 1. The minimum atomic E-state index is -2.19. The number of cyclic esters (lactones) is 1. The molecular weight excluding hydrogens is 1540 g/mol. The highest BCUT2D eigenvalue weighted by Gasteiger charge is 2.40. The molecule has 624 valence electrons. The summed E-state index contributed by atoms with van der Waals surface area (Å²) in [6.07, 6.45) is -7.14. The van der Waals surface area contributed by atoms with Crippen LogP contribution in [0.3, 0.4) is 0 Å². The van der Waals surface area contributed by atoms with Crippen molar-refractivity contribution in [3.8, 4) is 21.6 Å². The Balaban J connectivity index is 1.20. The number of esters is 1. The van der Waals surface area contributed by atoms with Crippen LogP contribution in [0.15, 0.2) is 121 Å². The maximum Gasteiger partial charge on any atom is 0.329 e. The Labute approximate surface area is 674 Å². The van der Waals surface area contributed by atoms with E-state index in [-0.39, 0.29) is 41.9 Å². The zero-order valence-electron chi connectivity index (χ0n) is 64.7. The number of anilines is 1. The van der Waals surface area contributed by atoms with E-state index >= 15 is 0 Å². The van der Waals surface area contributed by atoms with Crippen LogP contribution >= 0.6 is 11.3 Å². The fourth-order valence-corrected chi connectivity index (χ4v) is 13.6. The number of hydrogen-bond acceptors (Lipinski definition) is 23. The summed E-state index contributed by atoms with van der Waals surface area (Å²) in [6, 6.07) is 18.8. The molecule has 1 saturated heterocycles. The second-order valence-electron chi connectivity index (χ2n) is 28.5. The highest BCUT2D eigenvalue weighted by atomic mass is 32.1. The molecular formula is C80H96N14O22S. The smallest absolute Gasteiger partial charge is 0.329 e. The van der Waals surface area contributed by atoms with Crippen LogP contribution in [0.4, 0.5) is 5.69 Å². The monoisotopic (exact) mass is 1640 g/mol. The molecule has 0 radical (unpaired) electrons. The fraction of sp³-hybridized carbons (Fsp3) is 0.400. The molecule has 6 aromatic rings. The molecule has 1 aliphatic rings. The number of aliphatic hydroxyl groups excluding tert-OH is 1. The average Bonchev–Trinajstić information content (AvgIpc) is 1.71. The van der Waals surface area contributed by atoms with Crippen molar-refractivity contribution in [2.75, 3.05) is 32.0 Å². The van der Waals surface area contributed by atoms with Gasteiger partial charge in [-0.25, -0.2) is 4.79 Å². The van der Waals surface area contributed by atoms with Gasteiger partial charge < -0.3 is 95.4 Å². The molecule has 0 spiro atoms. The number of primary amides is 1. The number of aliphatic carboxylic acids is 2. The van der Waals surface area contributed by atoms with Crippen molar-refractivity contribution < 1.29 is 106 Å². The number of thiophene rings is 1. The minimum Gasteiger partial charge on any atom is -0.481 e. The fourth-order valence-electron chi connectivity index (χ4n) is 12.7. The van der Waals surface area contributed by atoms with Crippen molar-refractivity contribution in [3.05, 3.63) is 137 Å². The molecule has 0 bridgehead atoms. The molecule has 20 N–H and O–H groups in total. The van der Waals surface area contributed by atoms with Crippen LogP contribution < -0.4 is 70.4 Å². The zero-order chi connectivity index (χ0) is 85.9. The second-order valence-corrected chi connectivity index (χ2v) is 29.6. The Bertz CT molecular complexity index is 4680. The molecule has 11 amide bonds. The second kappa shape index (κ2) is 43.5. The molecule has 1 fully saturated rings. The SMILES string of the molecule is C[C@H](CC(=O)[C@@H](CC(N)=O)NC(=O)[C@H](Cc1c[nH]c2ccccc12)NC(=O)c1ccc(-c2ccc(-c3ccccc3)cc2)s1)C(=O)N[C@@H]1C(=O)NCC(=O)N[C@@H](CCCN)C(=O)N[C@@H](CC(=O)O)C(=O)C[C@H](C)C(=O)N[C@@H](C)C(=O)NCC(=O)N[C@H](CO)C(=O)C[C@@H]([C@H](C)CC(=O)O)C(=O)N[C@@H](CC(=O)c2ccccc2N)C(=O)O[C@@H]1C. The van der Waals surface area contributed by atoms with Gasteiger partial charge in [0.1, 0.15) is 42.4 Å². The molecule has 1 aliphatic heterocycles. The topological polar surface area (TPSA) is 591 Å². The third kappa shape index (κ3) is 27.1. The van der Waals surface area contributed by atoms with Crippen LogP contribution in [-0.2, 0) is 87.9 Å². The number of aromatic amines is 1. The number of aliphatic hydroxyl groups is 1. The van der Waals surface area contributed by atoms with Gasteiger partial charge in [-0.05, 0) is 91.7 Å². The van der Waals surface area contributed by atoms with E-state index in [1.807, 2.05) is 54.6 Å². The molecule has 13 atom stereocenters. The Morgan fingerprint density at radius 3 is 1.86 bits per heavy atom. The van der Waals surface area contributed by atoms with Gasteiger partial charge in [0.15, 0.2) is 23.1 Å². The summed E-state index contributed by atoms with van der Waals surface area (Å²) >= 11 is 1.14. The van der Waals surface area contributed by atoms with Crippen LogP contribution in [-0.4, -0.2) is 207 Å². The first-order valence-electron chi connectivity index (χ1n) is 37.5. The van der Waals surface area contributed by atoms with E-state index in [9.17, 15) is 102 Å². The van der Waals surface area contributed by atoms with Crippen LogP contribution in [0.5, 0.6) is 0 Å². The Kier molecular flexibility index (Phi) is 34.0. The number of nitrogen functional groups attached to an aromatic ring is 1. The first-order valence-corrected chi connectivity index (χ1v) is 38.3. The molecule has 36 nitrogen and oxygen atoms in total. The number of nitrogens with two attached hydrogens (primary N) is 3. The van der Waals surface area contributed by atoms with Gasteiger partial charge in [-0.3, -0.25) is 81.5 Å². The lowest BCUT2D eigenvalue weighted by atomic mass is 9.84. The third-order valence-electron chi connectivity index (χ3n) is 19.3. The first kappa shape index (κ1) is 91.3. The average molecular weight is 1640 g/mol. The number of ether oxygens (including phenoxy) is 1. The van der Waals surface area contributed by atoms with Crippen molar-refractivity contribution in [1.29, 1.82) is 0 Å². The number of para-hydroxylation sites is 2. The number of carboxylic acid groups (broad SMARTS) is 2. The lowest BCUT2D eigenvalue weighted by molar-refractivity contribution is -0.156. The van der Waals surface area contributed by atoms with Crippen molar-refractivity contribution in [2.45, 2.75) is 153 Å². The van der Waals surface area contributed by atoms with E-state index in [1.54, 1.807) is 42.6 Å². The van der Waals surface area contributed by atoms with Crippen LogP contribution in [0.1, 0.15) is 118 Å². The van der Waals surface area contributed by atoms with Gasteiger partial charge in [0.05, 0.1) is 49.5 Å². The number of rotatable bonds is 27. The summed E-state index contributed by atoms with van der Waals surface area (Å²) in [5.41, 5.74) is 21.3. The maximum absolute atomic E-state index is 14.9. The number of carbonyl (C=O) groups excluding carboxylic acids is 16. The summed E-state index contributed by atoms with van der Waals surface area (Å²) < 4.78 is 5.80. The molecule has 117 heavy (non-hydrogen) atoms. The van der Waals surface area contributed by atoms with Crippen LogP contribution in [0.2, 0.25) is 0 Å². The van der Waals surface area contributed by atoms with Crippen LogP contribution in [0, 0.1) is 23.7 Å². The Morgan fingerprint density at radius 2 is 1.21 bits per heavy atom. The highest BCUT2D eigenvalue weighted by Crippen LogP contribution is 2.31. The van der Waals surface area contributed by atoms with E-state index in [4.69, 9.17) is 21.9 Å². The third-order valence-corrected chi connectivity index (χ3v) is 20.5. The number of hydrogen-bond donors (Lipinski definition) is 17. The normalized spacial score (nSPS) is 21.2. The van der Waals surface area contributed by atoms with Gasteiger partial charge >= 0.3 is 17.9 Å². The summed E-state index contributed by atoms with van der Waals surface area (Å²) in [6.45, 7) is 2.61. The molecule has 3 heterocycles. The van der Waals surface area contributed by atoms with Gasteiger partial charge in [-0.1, -0.05) is 106 Å². The molecule has 0 saturated carbocycles. The number of amides is 11. The van der Waals surface area contributed by atoms with E-state index in [0.717, 1.165) is 39.8 Å².